The van der Waals surface area contributed by atoms with Gasteiger partial charge in [0.25, 0.3) is 0 Å². The number of amides is 1. The van der Waals surface area contributed by atoms with E-state index >= 15 is 0 Å². The molecule has 0 saturated carbocycles. The van der Waals surface area contributed by atoms with Crippen LogP contribution in [0.15, 0.2) is 4.34 Å². The predicted octanol–water partition coefficient (Wildman–Crippen LogP) is 0.899. The van der Waals surface area contributed by atoms with Crippen LogP contribution in [0.1, 0.15) is 13.8 Å². The van der Waals surface area contributed by atoms with Crippen molar-refractivity contribution in [2.45, 2.75) is 18.2 Å². The Morgan fingerprint density at radius 1 is 1.42 bits per heavy atom. The van der Waals surface area contributed by atoms with Gasteiger partial charge in [0.1, 0.15) is 0 Å². The number of hydrogen-bond acceptors (Lipinski definition) is 7. The van der Waals surface area contributed by atoms with Crippen LogP contribution in [-0.2, 0) is 9.59 Å². The molecule has 1 heterocycles. The van der Waals surface area contributed by atoms with Crippen molar-refractivity contribution in [1.29, 1.82) is 0 Å². The molecular weight excluding hydrogens is 288 g/mol. The van der Waals surface area contributed by atoms with Crippen molar-refractivity contribution in [1.82, 2.24) is 15.5 Å². The molecular formula is C10H16N4O3S2. The van der Waals surface area contributed by atoms with E-state index in [9.17, 15) is 9.59 Å². The Morgan fingerprint density at radius 2 is 2.11 bits per heavy atom. The van der Waals surface area contributed by atoms with Gasteiger partial charge >= 0.3 is 5.97 Å². The minimum absolute atomic E-state index is 0.0433. The first-order chi connectivity index (χ1) is 8.85. The molecule has 0 aliphatic carbocycles. The molecule has 1 aromatic heterocycles. The molecule has 0 unspecified atom stereocenters. The summed E-state index contributed by atoms with van der Waals surface area (Å²) in [5, 5.41) is 22.5. The van der Waals surface area contributed by atoms with E-state index in [0.717, 1.165) is 11.8 Å². The molecule has 0 fully saturated rings. The number of aromatic nitrogens is 2. The smallest absolute Gasteiger partial charge is 0.313 e. The number of nitrogens with zero attached hydrogens (tertiary/aromatic N) is 2. The molecule has 7 nitrogen and oxygen atoms in total. The summed E-state index contributed by atoms with van der Waals surface area (Å²) < 4.78 is 0.586. The maximum atomic E-state index is 11.6. The lowest BCUT2D eigenvalue weighted by Crippen LogP contribution is -2.39. The Balaban J connectivity index is 2.50. The summed E-state index contributed by atoms with van der Waals surface area (Å²) in [7, 11) is 1.59. The summed E-state index contributed by atoms with van der Waals surface area (Å²) in [6.45, 7) is 4.06. The fourth-order valence-corrected chi connectivity index (χ4v) is 2.65. The van der Waals surface area contributed by atoms with E-state index in [2.05, 4.69) is 20.8 Å². The van der Waals surface area contributed by atoms with Crippen LogP contribution in [0.25, 0.3) is 0 Å². The van der Waals surface area contributed by atoms with Crippen molar-refractivity contribution in [3.63, 3.8) is 0 Å². The number of aliphatic carboxylic acids is 1. The van der Waals surface area contributed by atoms with Crippen molar-refractivity contribution >= 4 is 40.1 Å². The lowest BCUT2D eigenvalue weighted by molar-refractivity contribution is -0.134. The van der Waals surface area contributed by atoms with Gasteiger partial charge in [0.15, 0.2) is 4.34 Å². The summed E-state index contributed by atoms with van der Waals surface area (Å²) in [5.74, 6) is -1.00. The van der Waals surface area contributed by atoms with Crippen LogP contribution in [0.3, 0.4) is 0 Å². The quantitative estimate of drug-likeness (QED) is 0.643. The second-order valence-electron chi connectivity index (χ2n) is 4.37. The molecule has 0 aliphatic rings. The zero-order chi connectivity index (χ0) is 14.5. The number of carboxylic acids is 1. The highest BCUT2D eigenvalue weighted by molar-refractivity contribution is 8.01. The summed E-state index contributed by atoms with van der Waals surface area (Å²) in [5.41, 5.74) is -0.561. The zero-order valence-electron chi connectivity index (χ0n) is 10.9. The van der Waals surface area contributed by atoms with Gasteiger partial charge < -0.3 is 15.7 Å². The average Bonchev–Trinajstić information content (AvgIpc) is 2.81. The molecule has 0 aliphatic heterocycles. The number of anilines is 1. The Labute approximate surface area is 119 Å². The van der Waals surface area contributed by atoms with Gasteiger partial charge in [-0.05, 0) is 13.8 Å². The maximum absolute atomic E-state index is 11.6. The highest BCUT2D eigenvalue weighted by Gasteiger charge is 2.26. The van der Waals surface area contributed by atoms with E-state index < -0.39 is 11.4 Å². The van der Waals surface area contributed by atoms with Gasteiger partial charge in [-0.2, -0.15) is 0 Å². The molecule has 0 radical (unpaired) electrons. The molecule has 9 heteroatoms. The van der Waals surface area contributed by atoms with E-state index in [-0.39, 0.29) is 11.7 Å². The molecule has 19 heavy (non-hydrogen) atoms. The Bertz CT molecular complexity index is 461. The molecule has 1 aromatic rings. The third-order valence-corrected chi connectivity index (χ3v) is 4.25. The van der Waals surface area contributed by atoms with Crippen molar-refractivity contribution in [3.8, 4) is 0 Å². The minimum atomic E-state index is -0.893. The lowest BCUT2D eigenvalue weighted by Gasteiger charge is -2.22. The standard InChI is InChI=1S/C10H16N4O3S2/c1-10(2,7(17)11-3)5-12-8-13-14-9(19-8)18-4-6(15)16/h4-5H2,1-3H3,(H,11,17)(H,12,13)(H,15,16). The monoisotopic (exact) mass is 304 g/mol. The normalized spacial score (nSPS) is 11.1. The number of carbonyl (C=O) groups excluding carboxylic acids is 1. The molecule has 1 rings (SSSR count). The lowest BCUT2D eigenvalue weighted by atomic mass is 9.92. The fraction of sp³-hybridized carbons (Fsp3) is 0.600. The van der Waals surface area contributed by atoms with E-state index in [1.165, 1.54) is 11.3 Å². The third-order valence-electron chi connectivity index (χ3n) is 2.25. The van der Waals surface area contributed by atoms with E-state index in [0.29, 0.717) is 16.0 Å². The van der Waals surface area contributed by atoms with Crippen molar-refractivity contribution in [2.24, 2.45) is 5.41 Å². The van der Waals surface area contributed by atoms with Gasteiger partial charge in [-0.25, -0.2) is 0 Å². The number of carboxylic acid groups (broad SMARTS) is 1. The van der Waals surface area contributed by atoms with Gasteiger partial charge in [0, 0.05) is 13.6 Å². The molecule has 0 bridgehead atoms. The Hall–Kier alpha value is -1.35. The number of rotatable bonds is 7. The van der Waals surface area contributed by atoms with Crippen molar-refractivity contribution < 1.29 is 14.7 Å². The van der Waals surface area contributed by atoms with Gasteiger partial charge in [-0.1, -0.05) is 23.1 Å². The molecule has 106 valence electrons. The first kappa shape index (κ1) is 15.7. The predicted molar refractivity (Wildman–Crippen MR) is 74.6 cm³/mol. The van der Waals surface area contributed by atoms with E-state index in [4.69, 9.17) is 5.11 Å². The van der Waals surface area contributed by atoms with Gasteiger partial charge in [0.05, 0.1) is 11.2 Å². The first-order valence-corrected chi connectivity index (χ1v) is 7.29. The van der Waals surface area contributed by atoms with E-state index in [1.807, 2.05) is 13.8 Å². The summed E-state index contributed by atoms with van der Waals surface area (Å²) in [6.07, 6.45) is 0. The van der Waals surface area contributed by atoms with Crippen LogP contribution in [0.2, 0.25) is 0 Å². The number of hydrogen-bond donors (Lipinski definition) is 3. The first-order valence-electron chi connectivity index (χ1n) is 5.49. The summed E-state index contributed by atoms with van der Waals surface area (Å²) in [4.78, 5) is 22.0. The number of thioether (sulfide) groups is 1. The van der Waals surface area contributed by atoms with Crippen LogP contribution in [0, 0.1) is 5.41 Å². The van der Waals surface area contributed by atoms with Crippen LogP contribution in [0.4, 0.5) is 5.13 Å². The molecule has 0 spiro atoms. The van der Waals surface area contributed by atoms with Crippen LogP contribution < -0.4 is 10.6 Å². The highest BCUT2D eigenvalue weighted by atomic mass is 32.2. The van der Waals surface area contributed by atoms with Gasteiger partial charge in [-0.15, -0.1) is 10.2 Å². The molecule has 0 atom stereocenters. The van der Waals surface area contributed by atoms with Crippen LogP contribution >= 0.6 is 23.1 Å². The Morgan fingerprint density at radius 3 is 2.68 bits per heavy atom. The topological polar surface area (TPSA) is 104 Å². The highest BCUT2D eigenvalue weighted by Crippen LogP contribution is 2.26. The van der Waals surface area contributed by atoms with Crippen molar-refractivity contribution in [2.75, 3.05) is 24.7 Å². The molecule has 0 saturated heterocycles. The van der Waals surface area contributed by atoms with Gasteiger partial charge in [-0.3, -0.25) is 9.59 Å². The SMILES string of the molecule is CNC(=O)C(C)(C)CNc1nnc(SCC(=O)O)s1. The third kappa shape index (κ3) is 5.03. The maximum Gasteiger partial charge on any atom is 0.313 e. The number of carbonyl (C=O) groups is 2. The minimum Gasteiger partial charge on any atom is -0.481 e. The van der Waals surface area contributed by atoms with Crippen LogP contribution in [-0.4, -0.2) is 46.5 Å². The average molecular weight is 304 g/mol. The van der Waals surface area contributed by atoms with Crippen molar-refractivity contribution in [3.05, 3.63) is 0 Å². The van der Waals surface area contributed by atoms with E-state index in [1.54, 1.807) is 7.05 Å². The fourth-order valence-electron chi connectivity index (χ4n) is 1.18. The largest absolute Gasteiger partial charge is 0.481 e. The summed E-state index contributed by atoms with van der Waals surface area (Å²) >= 11 is 2.39. The second-order valence-corrected chi connectivity index (χ2v) is 6.57. The Kier molecular flexibility index (Phi) is 5.55. The molecule has 3 N–H and O–H groups in total. The van der Waals surface area contributed by atoms with Crippen LogP contribution in [0.5, 0.6) is 0 Å². The molecule has 1 amide bonds. The molecule has 0 aromatic carbocycles. The van der Waals surface area contributed by atoms with Gasteiger partial charge in [0.2, 0.25) is 11.0 Å². The second kappa shape index (κ2) is 6.71. The number of nitrogens with one attached hydrogen (secondary N) is 2. The summed E-state index contributed by atoms with van der Waals surface area (Å²) in [6, 6.07) is 0. The zero-order valence-corrected chi connectivity index (χ0v) is 12.5.